The normalized spacial score (nSPS) is 29.8. The van der Waals surface area contributed by atoms with Crippen molar-refractivity contribution in [3.05, 3.63) is 0 Å². The second-order valence-corrected chi connectivity index (χ2v) is 4.10. The van der Waals surface area contributed by atoms with Crippen molar-refractivity contribution in [3.63, 3.8) is 0 Å². The second kappa shape index (κ2) is 2.81. The maximum atomic E-state index is 10.8. The molecule has 1 rings (SSSR count). The summed E-state index contributed by atoms with van der Waals surface area (Å²) in [4.78, 5) is 10.8. The summed E-state index contributed by atoms with van der Waals surface area (Å²) in [6.45, 7) is 6.03. The molecular weight excluding hydrogens is 140 g/mol. The number of hydrogen-bond donors (Lipinski definition) is 2. The molecule has 0 saturated carbocycles. The van der Waals surface area contributed by atoms with Crippen molar-refractivity contribution in [2.24, 2.45) is 17.1 Å². The first-order valence-corrected chi connectivity index (χ1v) is 4.01. The fraction of sp³-hybridized carbons (Fsp3) is 0.875. The van der Waals surface area contributed by atoms with Crippen LogP contribution in [0.3, 0.4) is 0 Å². The van der Waals surface area contributed by atoms with Gasteiger partial charge in [0.15, 0.2) is 0 Å². The molecule has 0 spiro atoms. The van der Waals surface area contributed by atoms with Gasteiger partial charge in [-0.15, -0.1) is 0 Å². The summed E-state index contributed by atoms with van der Waals surface area (Å²) in [5, 5.41) is 3.21. The predicted octanol–water partition coefficient (Wildman–Crippen LogP) is 0.107. The molecule has 1 heterocycles. The van der Waals surface area contributed by atoms with Gasteiger partial charge in [0.05, 0.1) is 5.92 Å². The number of amides is 1. The number of piperidine rings is 1. The highest BCUT2D eigenvalue weighted by Gasteiger charge is 2.30. The Kier molecular flexibility index (Phi) is 2.18. The van der Waals surface area contributed by atoms with Crippen LogP contribution in [0.25, 0.3) is 0 Å². The minimum absolute atomic E-state index is 0.0266. The van der Waals surface area contributed by atoms with E-state index >= 15 is 0 Å². The SMILES string of the molecule is CC1(C)CNCC(C(N)=O)C1. The molecule has 0 aromatic rings. The largest absolute Gasteiger partial charge is 0.369 e. The third kappa shape index (κ3) is 2.19. The summed E-state index contributed by atoms with van der Waals surface area (Å²) >= 11 is 0. The molecule has 0 radical (unpaired) electrons. The standard InChI is InChI=1S/C8H16N2O/c1-8(2)3-6(7(9)11)4-10-5-8/h6,10H,3-5H2,1-2H3,(H2,9,11). The van der Waals surface area contributed by atoms with Crippen LogP contribution in [0.4, 0.5) is 0 Å². The Morgan fingerprint density at radius 2 is 2.27 bits per heavy atom. The molecule has 0 aromatic heterocycles. The van der Waals surface area contributed by atoms with Crippen LogP contribution >= 0.6 is 0 Å². The van der Waals surface area contributed by atoms with Gasteiger partial charge in [-0.3, -0.25) is 4.79 Å². The first-order valence-electron chi connectivity index (χ1n) is 4.01. The Labute approximate surface area is 67.3 Å². The summed E-state index contributed by atoms with van der Waals surface area (Å²) in [7, 11) is 0. The van der Waals surface area contributed by atoms with Gasteiger partial charge in [-0.2, -0.15) is 0 Å². The van der Waals surface area contributed by atoms with Crippen LogP contribution in [0.5, 0.6) is 0 Å². The molecule has 0 aliphatic carbocycles. The molecule has 1 saturated heterocycles. The summed E-state index contributed by atoms with van der Waals surface area (Å²) in [6.07, 6.45) is 0.912. The Balaban J connectivity index is 2.53. The zero-order chi connectivity index (χ0) is 8.48. The number of carbonyl (C=O) groups is 1. The van der Waals surface area contributed by atoms with Gasteiger partial charge in [-0.1, -0.05) is 13.8 Å². The summed E-state index contributed by atoms with van der Waals surface area (Å²) < 4.78 is 0. The average molecular weight is 156 g/mol. The Hall–Kier alpha value is -0.570. The molecular formula is C8H16N2O. The number of carbonyl (C=O) groups excluding carboxylic acids is 1. The third-order valence-corrected chi connectivity index (χ3v) is 2.20. The number of nitrogens with two attached hydrogens (primary N) is 1. The lowest BCUT2D eigenvalue weighted by Gasteiger charge is -2.34. The van der Waals surface area contributed by atoms with Gasteiger partial charge in [0, 0.05) is 13.1 Å². The molecule has 1 unspecified atom stereocenters. The maximum Gasteiger partial charge on any atom is 0.221 e. The van der Waals surface area contributed by atoms with Crippen molar-refractivity contribution in [2.45, 2.75) is 20.3 Å². The van der Waals surface area contributed by atoms with Crippen LogP contribution in [0.15, 0.2) is 0 Å². The number of rotatable bonds is 1. The van der Waals surface area contributed by atoms with Crippen LogP contribution < -0.4 is 11.1 Å². The minimum atomic E-state index is -0.176. The van der Waals surface area contributed by atoms with E-state index in [4.69, 9.17) is 5.73 Å². The van der Waals surface area contributed by atoms with Crippen molar-refractivity contribution in [1.82, 2.24) is 5.32 Å². The van der Waals surface area contributed by atoms with Crippen molar-refractivity contribution in [3.8, 4) is 0 Å². The second-order valence-electron chi connectivity index (χ2n) is 4.10. The van der Waals surface area contributed by atoms with Gasteiger partial charge < -0.3 is 11.1 Å². The van der Waals surface area contributed by atoms with E-state index in [1.807, 2.05) is 0 Å². The molecule has 11 heavy (non-hydrogen) atoms. The number of hydrogen-bond acceptors (Lipinski definition) is 2. The fourth-order valence-electron chi connectivity index (χ4n) is 1.60. The van der Waals surface area contributed by atoms with Gasteiger partial charge in [0.25, 0.3) is 0 Å². The third-order valence-electron chi connectivity index (χ3n) is 2.20. The van der Waals surface area contributed by atoms with Gasteiger partial charge >= 0.3 is 0 Å². The van der Waals surface area contributed by atoms with Crippen LogP contribution in [-0.4, -0.2) is 19.0 Å². The molecule has 1 aliphatic rings. The van der Waals surface area contributed by atoms with Gasteiger partial charge in [-0.25, -0.2) is 0 Å². The molecule has 3 N–H and O–H groups in total. The lowest BCUT2D eigenvalue weighted by atomic mass is 9.79. The van der Waals surface area contributed by atoms with Gasteiger partial charge in [-0.05, 0) is 11.8 Å². The number of primary amides is 1. The molecule has 64 valence electrons. The van der Waals surface area contributed by atoms with Crippen LogP contribution in [0.2, 0.25) is 0 Å². The van der Waals surface area contributed by atoms with Crippen LogP contribution in [0.1, 0.15) is 20.3 Å². The molecule has 3 nitrogen and oxygen atoms in total. The molecule has 1 aliphatic heterocycles. The zero-order valence-corrected chi connectivity index (χ0v) is 7.18. The fourth-order valence-corrected chi connectivity index (χ4v) is 1.60. The molecule has 1 amide bonds. The maximum absolute atomic E-state index is 10.8. The van der Waals surface area contributed by atoms with Crippen molar-refractivity contribution >= 4 is 5.91 Å². The van der Waals surface area contributed by atoms with E-state index in [0.717, 1.165) is 19.5 Å². The van der Waals surface area contributed by atoms with Crippen molar-refractivity contribution in [2.75, 3.05) is 13.1 Å². The van der Waals surface area contributed by atoms with Crippen LogP contribution in [0, 0.1) is 11.3 Å². The lowest BCUT2D eigenvalue weighted by molar-refractivity contribution is -0.123. The predicted molar refractivity (Wildman–Crippen MR) is 44.0 cm³/mol. The molecule has 1 fully saturated rings. The monoisotopic (exact) mass is 156 g/mol. The first kappa shape index (κ1) is 8.53. The van der Waals surface area contributed by atoms with E-state index in [2.05, 4.69) is 19.2 Å². The quantitative estimate of drug-likeness (QED) is 0.566. The summed E-state index contributed by atoms with van der Waals surface area (Å²) in [6, 6.07) is 0. The molecule has 0 bridgehead atoms. The van der Waals surface area contributed by atoms with E-state index in [1.165, 1.54) is 0 Å². The smallest absolute Gasteiger partial charge is 0.221 e. The molecule has 0 aromatic carbocycles. The Morgan fingerprint density at radius 1 is 1.64 bits per heavy atom. The first-order chi connectivity index (χ1) is 5.01. The van der Waals surface area contributed by atoms with Crippen molar-refractivity contribution in [1.29, 1.82) is 0 Å². The van der Waals surface area contributed by atoms with Crippen molar-refractivity contribution < 1.29 is 4.79 Å². The molecule has 3 heteroatoms. The highest BCUT2D eigenvalue weighted by atomic mass is 16.1. The van der Waals surface area contributed by atoms with Gasteiger partial charge in [0.1, 0.15) is 0 Å². The average Bonchev–Trinajstić information content (AvgIpc) is 1.85. The zero-order valence-electron chi connectivity index (χ0n) is 7.18. The lowest BCUT2D eigenvalue weighted by Crippen LogP contribution is -2.45. The summed E-state index contributed by atoms with van der Waals surface area (Å²) in [5.41, 5.74) is 5.43. The molecule has 1 atom stereocenters. The Bertz CT molecular complexity index is 165. The Morgan fingerprint density at radius 3 is 2.64 bits per heavy atom. The summed E-state index contributed by atoms with van der Waals surface area (Å²) in [5.74, 6) is -0.149. The number of nitrogens with one attached hydrogen (secondary N) is 1. The van der Waals surface area contributed by atoms with Gasteiger partial charge in [0.2, 0.25) is 5.91 Å². The van der Waals surface area contributed by atoms with E-state index in [-0.39, 0.29) is 17.2 Å². The minimum Gasteiger partial charge on any atom is -0.369 e. The van der Waals surface area contributed by atoms with E-state index in [9.17, 15) is 4.79 Å². The highest BCUT2D eigenvalue weighted by molar-refractivity contribution is 5.77. The van der Waals surface area contributed by atoms with E-state index < -0.39 is 0 Å². The van der Waals surface area contributed by atoms with E-state index in [1.54, 1.807) is 0 Å². The van der Waals surface area contributed by atoms with E-state index in [0.29, 0.717) is 0 Å². The highest BCUT2D eigenvalue weighted by Crippen LogP contribution is 2.27. The topological polar surface area (TPSA) is 55.1 Å². The van der Waals surface area contributed by atoms with Crippen LogP contribution in [-0.2, 0) is 4.79 Å².